The van der Waals surface area contributed by atoms with Gasteiger partial charge in [-0.25, -0.2) is 9.65 Å². The summed E-state index contributed by atoms with van der Waals surface area (Å²) in [6, 6.07) is 7.23. The summed E-state index contributed by atoms with van der Waals surface area (Å²) in [5.74, 6) is -0.844. The standard InChI is InChI=1S/C9H11ClNO4P/c1-7(9(12)13)11-16(10,14)15-8-5-3-2-4-6-8/h2-7H,1H3,(H,11,14)(H,12,13)/t7-,16?/m0/s1. The van der Waals surface area contributed by atoms with Gasteiger partial charge in [0.15, 0.2) is 0 Å². The highest BCUT2D eigenvalue weighted by Gasteiger charge is 2.26. The molecule has 0 radical (unpaired) electrons. The Hall–Kier alpha value is -1.03. The molecule has 0 heterocycles. The zero-order valence-electron chi connectivity index (χ0n) is 8.46. The lowest BCUT2D eigenvalue weighted by Crippen LogP contribution is -2.31. The van der Waals surface area contributed by atoms with E-state index in [4.69, 9.17) is 20.9 Å². The average molecular weight is 264 g/mol. The van der Waals surface area contributed by atoms with E-state index in [9.17, 15) is 9.36 Å². The van der Waals surface area contributed by atoms with Crippen LogP contribution in [0, 0.1) is 0 Å². The second-order valence-electron chi connectivity index (χ2n) is 3.07. The van der Waals surface area contributed by atoms with Gasteiger partial charge < -0.3 is 9.63 Å². The van der Waals surface area contributed by atoms with Gasteiger partial charge in [0, 0.05) is 11.2 Å². The first kappa shape index (κ1) is 13.0. The summed E-state index contributed by atoms with van der Waals surface area (Å²) in [5, 5.41) is 10.8. The van der Waals surface area contributed by atoms with Crippen LogP contribution in [0.2, 0.25) is 0 Å². The number of para-hydroxylation sites is 1. The minimum atomic E-state index is -3.68. The van der Waals surface area contributed by atoms with Gasteiger partial charge in [-0.15, -0.1) is 0 Å². The number of hydrogen-bond acceptors (Lipinski definition) is 3. The Morgan fingerprint density at radius 1 is 1.50 bits per heavy atom. The van der Waals surface area contributed by atoms with E-state index in [1.165, 1.54) is 6.92 Å². The summed E-state index contributed by atoms with van der Waals surface area (Å²) >= 11 is 5.57. The van der Waals surface area contributed by atoms with Crippen molar-refractivity contribution in [1.29, 1.82) is 0 Å². The van der Waals surface area contributed by atoms with Crippen LogP contribution in [0.25, 0.3) is 0 Å². The highest BCUT2D eigenvalue weighted by atomic mass is 35.7. The number of nitrogens with one attached hydrogen (secondary N) is 1. The third-order valence-electron chi connectivity index (χ3n) is 1.68. The van der Waals surface area contributed by atoms with Crippen LogP contribution in [0.15, 0.2) is 30.3 Å². The molecule has 16 heavy (non-hydrogen) atoms. The van der Waals surface area contributed by atoms with Gasteiger partial charge in [0.25, 0.3) is 0 Å². The number of carboxylic acids is 1. The number of hydrogen-bond donors (Lipinski definition) is 2. The van der Waals surface area contributed by atoms with Gasteiger partial charge in [-0.2, -0.15) is 0 Å². The summed E-state index contributed by atoms with van der Waals surface area (Å²) in [7, 11) is 0. The Labute approximate surface area is 97.7 Å². The Morgan fingerprint density at radius 3 is 2.56 bits per heavy atom. The zero-order valence-corrected chi connectivity index (χ0v) is 10.1. The molecule has 0 saturated heterocycles. The maximum Gasteiger partial charge on any atom is 0.409 e. The summed E-state index contributed by atoms with van der Waals surface area (Å²) in [6.45, 7) is -2.36. The molecule has 2 N–H and O–H groups in total. The highest BCUT2D eigenvalue weighted by molar-refractivity contribution is 7.84. The van der Waals surface area contributed by atoms with E-state index in [-0.39, 0.29) is 0 Å². The van der Waals surface area contributed by atoms with Crippen molar-refractivity contribution in [3.63, 3.8) is 0 Å². The van der Waals surface area contributed by atoms with E-state index in [0.717, 1.165) is 0 Å². The second-order valence-corrected chi connectivity index (χ2v) is 5.81. The molecule has 0 aliphatic carbocycles. The van der Waals surface area contributed by atoms with Crippen LogP contribution in [0.4, 0.5) is 0 Å². The van der Waals surface area contributed by atoms with Crippen LogP contribution in [-0.2, 0) is 9.36 Å². The van der Waals surface area contributed by atoms with E-state index >= 15 is 0 Å². The number of benzene rings is 1. The molecule has 1 rings (SSSR count). The number of halogens is 1. The predicted molar refractivity (Wildman–Crippen MR) is 60.8 cm³/mol. The van der Waals surface area contributed by atoms with Gasteiger partial charge >= 0.3 is 12.8 Å². The normalized spacial score (nSPS) is 16.1. The lowest BCUT2D eigenvalue weighted by molar-refractivity contribution is -0.138. The fourth-order valence-corrected chi connectivity index (χ4v) is 2.63. The molecule has 0 spiro atoms. The average Bonchev–Trinajstić information content (AvgIpc) is 2.17. The summed E-state index contributed by atoms with van der Waals surface area (Å²) in [5.41, 5.74) is 0. The van der Waals surface area contributed by atoms with Crippen molar-refractivity contribution in [2.24, 2.45) is 0 Å². The summed E-state index contributed by atoms with van der Waals surface area (Å²) in [4.78, 5) is 10.5. The van der Waals surface area contributed by atoms with Gasteiger partial charge in [0.05, 0.1) is 0 Å². The molecular weight excluding hydrogens is 253 g/mol. The van der Waals surface area contributed by atoms with Crippen LogP contribution in [0.5, 0.6) is 5.75 Å². The molecule has 7 heteroatoms. The molecule has 0 aromatic heterocycles. The maximum atomic E-state index is 11.7. The highest BCUT2D eigenvalue weighted by Crippen LogP contribution is 2.48. The van der Waals surface area contributed by atoms with Crippen LogP contribution < -0.4 is 9.61 Å². The van der Waals surface area contributed by atoms with Crippen molar-refractivity contribution in [3.05, 3.63) is 30.3 Å². The SMILES string of the molecule is C[C@H](NP(=O)(Cl)Oc1ccccc1)C(=O)O. The van der Waals surface area contributed by atoms with Gasteiger partial charge in [-0.05, 0) is 19.1 Å². The second kappa shape index (κ2) is 5.34. The van der Waals surface area contributed by atoms with Crippen molar-refractivity contribution < 1.29 is 19.0 Å². The van der Waals surface area contributed by atoms with E-state index < -0.39 is 18.9 Å². The topological polar surface area (TPSA) is 75.6 Å². The lowest BCUT2D eigenvalue weighted by atomic mass is 10.3. The van der Waals surface area contributed by atoms with Crippen LogP contribution >= 0.6 is 18.1 Å². The Kier molecular flexibility index (Phi) is 4.35. The van der Waals surface area contributed by atoms with Crippen molar-refractivity contribution in [2.45, 2.75) is 13.0 Å². The minimum absolute atomic E-state index is 0.311. The predicted octanol–water partition coefficient (Wildman–Crippen LogP) is 2.47. The molecule has 1 aromatic carbocycles. The maximum absolute atomic E-state index is 11.7. The molecule has 5 nitrogen and oxygen atoms in total. The number of carboxylic acid groups (broad SMARTS) is 1. The first-order valence-electron chi connectivity index (χ1n) is 4.46. The minimum Gasteiger partial charge on any atom is -0.480 e. The lowest BCUT2D eigenvalue weighted by Gasteiger charge is -2.16. The van der Waals surface area contributed by atoms with E-state index in [1.807, 2.05) is 0 Å². The third kappa shape index (κ3) is 4.23. The first-order valence-corrected chi connectivity index (χ1v) is 6.98. The molecule has 0 bridgehead atoms. The number of rotatable bonds is 5. The fraction of sp³-hybridized carbons (Fsp3) is 0.222. The Bertz CT molecular complexity index is 411. The quantitative estimate of drug-likeness (QED) is 0.798. The van der Waals surface area contributed by atoms with Gasteiger partial charge in [0.1, 0.15) is 11.8 Å². The van der Waals surface area contributed by atoms with Gasteiger partial charge in [-0.3, -0.25) is 4.79 Å². The van der Waals surface area contributed by atoms with E-state index in [1.54, 1.807) is 30.3 Å². The van der Waals surface area contributed by atoms with Gasteiger partial charge in [0.2, 0.25) is 0 Å². The molecule has 0 aliphatic rings. The largest absolute Gasteiger partial charge is 0.480 e. The van der Waals surface area contributed by atoms with Crippen molar-refractivity contribution in [2.75, 3.05) is 0 Å². The van der Waals surface area contributed by atoms with Crippen molar-refractivity contribution >= 4 is 24.1 Å². The smallest absolute Gasteiger partial charge is 0.409 e. The molecule has 0 aliphatic heterocycles. The number of aliphatic carboxylic acids is 1. The molecule has 88 valence electrons. The Morgan fingerprint density at radius 2 is 2.06 bits per heavy atom. The molecule has 0 amide bonds. The summed E-state index contributed by atoms with van der Waals surface area (Å²) < 4.78 is 16.6. The van der Waals surface area contributed by atoms with Crippen LogP contribution in [0.3, 0.4) is 0 Å². The molecule has 1 aromatic rings. The molecular formula is C9H11ClNO4P. The fourth-order valence-electron chi connectivity index (χ4n) is 0.930. The zero-order chi connectivity index (χ0) is 12.2. The molecule has 0 fully saturated rings. The Balaban J connectivity index is 2.66. The first-order chi connectivity index (χ1) is 7.41. The van der Waals surface area contributed by atoms with Crippen molar-refractivity contribution in [1.82, 2.24) is 5.09 Å². The monoisotopic (exact) mass is 263 g/mol. The van der Waals surface area contributed by atoms with Crippen LogP contribution in [0.1, 0.15) is 6.92 Å². The van der Waals surface area contributed by atoms with Gasteiger partial charge in [-0.1, -0.05) is 18.2 Å². The van der Waals surface area contributed by atoms with E-state index in [2.05, 4.69) is 5.09 Å². The van der Waals surface area contributed by atoms with Crippen molar-refractivity contribution in [3.8, 4) is 5.75 Å². The van der Waals surface area contributed by atoms with E-state index in [0.29, 0.717) is 5.75 Å². The molecule has 0 saturated carbocycles. The van der Waals surface area contributed by atoms with Crippen LogP contribution in [-0.4, -0.2) is 17.1 Å². The third-order valence-corrected chi connectivity index (χ3v) is 3.33. The summed E-state index contributed by atoms with van der Waals surface area (Å²) in [6.07, 6.45) is 0. The molecule has 1 unspecified atom stereocenters. The molecule has 2 atom stereocenters. The number of carbonyl (C=O) groups is 1.